The molecule has 0 bridgehead atoms. The van der Waals surface area contributed by atoms with E-state index in [1.165, 1.54) is 33.3 Å². The summed E-state index contributed by atoms with van der Waals surface area (Å²) in [4.78, 5) is 33.0. The van der Waals surface area contributed by atoms with Crippen LogP contribution in [0.1, 0.15) is 27.9 Å². The predicted molar refractivity (Wildman–Crippen MR) is 72.7 cm³/mol. The molecule has 21 heavy (non-hydrogen) atoms. The number of hydrogen-bond acceptors (Lipinski definition) is 6. The SMILES string of the molecule is COC(=O)CC#Cc1cc(C(=O)OC)c(C)c([N+](=O)[O-])c1. The number of esters is 2. The van der Waals surface area contributed by atoms with Gasteiger partial charge in [-0.25, -0.2) is 4.79 Å². The van der Waals surface area contributed by atoms with E-state index in [2.05, 4.69) is 21.3 Å². The Morgan fingerprint density at radius 2 is 1.95 bits per heavy atom. The number of nitrogens with zero attached hydrogens (tertiary/aromatic N) is 1. The summed E-state index contributed by atoms with van der Waals surface area (Å²) >= 11 is 0. The normalized spacial score (nSPS) is 9.29. The molecular weight excluding hydrogens is 278 g/mol. The van der Waals surface area contributed by atoms with Crippen LogP contribution in [0.5, 0.6) is 0 Å². The Labute approximate surface area is 121 Å². The van der Waals surface area contributed by atoms with Gasteiger partial charge in [0.05, 0.1) is 24.7 Å². The van der Waals surface area contributed by atoms with E-state index in [9.17, 15) is 19.7 Å². The Morgan fingerprint density at radius 1 is 1.29 bits per heavy atom. The Morgan fingerprint density at radius 3 is 2.48 bits per heavy atom. The number of hydrogen-bond donors (Lipinski definition) is 0. The maximum Gasteiger partial charge on any atom is 0.338 e. The van der Waals surface area contributed by atoms with Crippen LogP contribution in [0.25, 0.3) is 0 Å². The van der Waals surface area contributed by atoms with Crippen molar-refractivity contribution in [3.8, 4) is 11.8 Å². The summed E-state index contributed by atoms with van der Waals surface area (Å²) in [6.45, 7) is 1.45. The minimum Gasteiger partial charge on any atom is -0.468 e. The van der Waals surface area contributed by atoms with E-state index < -0.39 is 16.9 Å². The molecule has 0 radical (unpaired) electrons. The van der Waals surface area contributed by atoms with Gasteiger partial charge < -0.3 is 9.47 Å². The molecule has 0 atom stereocenters. The van der Waals surface area contributed by atoms with Crippen LogP contribution in [0.15, 0.2) is 12.1 Å². The first-order valence-electron chi connectivity index (χ1n) is 5.83. The Bertz CT molecular complexity index is 653. The lowest BCUT2D eigenvalue weighted by Gasteiger charge is -2.05. The lowest BCUT2D eigenvalue weighted by atomic mass is 10.0. The standard InChI is InChI=1S/C14H13NO6/c1-9-11(14(17)21-3)7-10(8-12(9)15(18)19)5-4-6-13(16)20-2/h7-8H,6H2,1-3H3. The summed E-state index contributed by atoms with van der Waals surface area (Å²) in [7, 11) is 2.42. The van der Waals surface area contributed by atoms with Gasteiger partial charge in [-0.05, 0) is 13.0 Å². The molecule has 0 heterocycles. The highest BCUT2D eigenvalue weighted by molar-refractivity contribution is 5.92. The van der Waals surface area contributed by atoms with Gasteiger partial charge in [0.1, 0.15) is 6.42 Å². The second-order valence-corrected chi connectivity index (χ2v) is 3.97. The van der Waals surface area contributed by atoms with E-state index in [1.54, 1.807) is 0 Å². The Balaban J connectivity index is 3.27. The lowest BCUT2D eigenvalue weighted by molar-refractivity contribution is -0.385. The third-order valence-corrected chi connectivity index (χ3v) is 2.68. The monoisotopic (exact) mass is 291 g/mol. The average Bonchev–Trinajstić information content (AvgIpc) is 2.47. The van der Waals surface area contributed by atoms with E-state index in [1.807, 2.05) is 0 Å². The zero-order valence-electron chi connectivity index (χ0n) is 11.8. The molecule has 0 unspecified atom stereocenters. The van der Waals surface area contributed by atoms with Crippen LogP contribution in [-0.4, -0.2) is 31.1 Å². The molecule has 0 aliphatic rings. The van der Waals surface area contributed by atoms with Crippen molar-refractivity contribution in [2.75, 3.05) is 14.2 Å². The maximum atomic E-state index is 11.6. The zero-order chi connectivity index (χ0) is 16.0. The summed E-state index contributed by atoms with van der Waals surface area (Å²) in [5.41, 5.74) is 0.274. The second kappa shape index (κ2) is 7.05. The molecule has 0 N–H and O–H groups in total. The fourth-order valence-electron chi connectivity index (χ4n) is 1.57. The van der Waals surface area contributed by atoms with E-state index in [4.69, 9.17) is 0 Å². The molecular formula is C14H13NO6. The van der Waals surface area contributed by atoms with E-state index in [0.29, 0.717) is 0 Å². The number of ether oxygens (including phenoxy) is 2. The van der Waals surface area contributed by atoms with E-state index in [-0.39, 0.29) is 28.8 Å². The van der Waals surface area contributed by atoms with Crippen LogP contribution in [0.4, 0.5) is 5.69 Å². The van der Waals surface area contributed by atoms with Crippen LogP contribution in [0, 0.1) is 28.9 Å². The quantitative estimate of drug-likeness (QED) is 0.363. The average molecular weight is 291 g/mol. The van der Waals surface area contributed by atoms with Gasteiger partial charge in [0, 0.05) is 17.2 Å². The van der Waals surface area contributed by atoms with Gasteiger partial charge in [-0.1, -0.05) is 11.8 Å². The van der Waals surface area contributed by atoms with Crippen molar-refractivity contribution in [3.05, 3.63) is 38.9 Å². The summed E-state index contributed by atoms with van der Waals surface area (Å²) in [5.74, 6) is 3.91. The molecule has 0 saturated heterocycles. The number of rotatable bonds is 3. The van der Waals surface area contributed by atoms with Crippen LogP contribution in [0.3, 0.4) is 0 Å². The van der Waals surface area contributed by atoms with Crippen molar-refractivity contribution in [1.29, 1.82) is 0 Å². The molecule has 0 amide bonds. The summed E-state index contributed by atoms with van der Waals surface area (Å²) < 4.78 is 9.01. The zero-order valence-corrected chi connectivity index (χ0v) is 11.8. The third-order valence-electron chi connectivity index (χ3n) is 2.68. The fourth-order valence-corrected chi connectivity index (χ4v) is 1.57. The minimum atomic E-state index is -0.688. The number of nitro benzene ring substituents is 1. The highest BCUT2D eigenvalue weighted by Gasteiger charge is 2.20. The molecule has 7 heteroatoms. The molecule has 1 aromatic rings. The molecule has 110 valence electrons. The van der Waals surface area contributed by atoms with Crippen LogP contribution in [-0.2, 0) is 14.3 Å². The Hall–Kier alpha value is -2.88. The number of nitro groups is 1. The first-order valence-corrected chi connectivity index (χ1v) is 5.83. The van der Waals surface area contributed by atoms with Crippen LogP contribution >= 0.6 is 0 Å². The topological polar surface area (TPSA) is 95.7 Å². The second-order valence-electron chi connectivity index (χ2n) is 3.97. The van der Waals surface area contributed by atoms with Gasteiger partial charge in [-0.2, -0.15) is 0 Å². The van der Waals surface area contributed by atoms with Crippen molar-refractivity contribution in [3.63, 3.8) is 0 Å². The molecule has 0 aliphatic heterocycles. The molecule has 1 rings (SSSR count). The summed E-state index contributed by atoms with van der Waals surface area (Å²) in [5, 5.41) is 11.0. The van der Waals surface area contributed by atoms with Gasteiger partial charge in [-0.15, -0.1) is 0 Å². The number of benzene rings is 1. The van der Waals surface area contributed by atoms with Crippen LogP contribution < -0.4 is 0 Å². The number of carbonyl (C=O) groups is 2. The molecule has 0 fully saturated rings. The molecule has 1 aromatic carbocycles. The van der Waals surface area contributed by atoms with Crippen LogP contribution in [0.2, 0.25) is 0 Å². The van der Waals surface area contributed by atoms with E-state index >= 15 is 0 Å². The van der Waals surface area contributed by atoms with Crippen molar-refractivity contribution in [1.82, 2.24) is 0 Å². The first-order chi connectivity index (χ1) is 9.90. The smallest absolute Gasteiger partial charge is 0.338 e. The fraction of sp³-hybridized carbons (Fsp3) is 0.286. The molecule has 7 nitrogen and oxygen atoms in total. The van der Waals surface area contributed by atoms with Crippen molar-refractivity contribution >= 4 is 17.6 Å². The predicted octanol–water partition coefficient (Wildman–Crippen LogP) is 1.60. The molecule has 0 aliphatic carbocycles. The summed E-state index contributed by atoms with van der Waals surface area (Å²) in [6.07, 6.45) is -0.147. The van der Waals surface area contributed by atoms with Gasteiger partial charge in [0.15, 0.2) is 0 Å². The molecule has 0 spiro atoms. The van der Waals surface area contributed by atoms with Crippen molar-refractivity contribution in [2.24, 2.45) is 0 Å². The van der Waals surface area contributed by atoms with Crippen molar-refractivity contribution < 1.29 is 24.0 Å². The van der Waals surface area contributed by atoms with E-state index in [0.717, 1.165) is 0 Å². The van der Waals surface area contributed by atoms with Gasteiger partial charge in [0.2, 0.25) is 0 Å². The van der Waals surface area contributed by atoms with Gasteiger partial charge in [0.25, 0.3) is 5.69 Å². The number of carbonyl (C=O) groups excluding carboxylic acids is 2. The van der Waals surface area contributed by atoms with Gasteiger partial charge >= 0.3 is 11.9 Å². The molecule has 0 saturated carbocycles. The highest BCUT2D eigenvalue weighted by Crippen LogP contribution is 2.24. The minimum absolute atomic E-state index is 0.0640. The first kappa shape index (κ1) is 16.2. The lowest BCUT2D eigenvalue weighted by Crippen LogP contribution is -2.06. The number of methoxy groups -OCH3 is 2. The third kappa shape index (κ3) is 4.04. The largest absolute Gasteiger partial charge is 0.468 e. The van der Waals surface area contributed by atoms with Crippen molar-refractivity contribution in [2.45, 2.75) is 13.3 Å². The maximum absolute atomic E-state index is 11.6. The molecule has 0 aromatic heterocycles. The highest BCUT2D eigenvalue weighted by atomic mass is 16.6. The van der Waals surface area contributed by atoms with Gasteiger partial charge in [-0.3, -0.25) is 14.9 Å². The Kier molecular flexibility index (Phi) is 5.43. The summed E-state index contributed by atoms with van der Waals surface area (Å²) in [6, 6.07) is 2.63.